The zero-order chi connectivity index (χ0) is 19.8. The van der Waals surface area contributed by atoms with Crippen LogP contribution >= 0.6 is 0 Å². The van der Waals surface area contributed by atoms with Crippen LogP contribution < -0.4 is 5.32 Å². The normalized spacial score (nSPS) is 21.6. The number of hydrogen-bond acceptors (Lipinski definition) is 5. The standard InChI is InChI=1S/C22H38N4O2/c1-23-11-12-26(2)17-19-16-24-25-21(19)18-7-8-20(28-14-6-13-27-3)22(15-18)9-4-5-10-22/h15-16,20,23H,4-14,17H2,1-3H3,(H,24,25). The van der Waals surface area contributed by atoms with Gasteiger partial charge in [0.25, 0.3) is 0 Å². The molecule has 1 fully saturated rings. The number of hydrogen-bond donors (Lipinski definition) is 2. The first-order chi connectivity index (χ1) is 13.7. The Kier molecular flexibility index (Phi) is 8.09. The van der Waals surface area contributed by atoms with Gasteiger partial charge in [0.2, 0.25) is 0 Å². The van der Waals surface area contributed by atoms with Gasteiger partial charge in [-0.2, -0.15) is 5.10 Å². The zero-order valence-electron chi connectivity index (χ0n) is 17.9. The van der Waals surface area contributed by atoms with E-state index in [1.165, 1.54) is 42.5 Å². The van der Waals surface area contributed by atoms with Crippen LogP contribution in [0.3, 0.4) is 0 Å². The quantitative estimate of drug-likeness (QED) is 0.568. The fourth-order valence-corrected chi connectivity index (χ4v) is 4.84. The minimum absolute atomic E-state index is 0.209. The lowest BCUT2D eigenvalue weighted by atomic mass is 9.72. The monoisotopic (exact) mass is 390 g/mol. The summed E-state index contributed by atoms with van der Waals surface area (Å²) in [6, 6.07) is 0. The molecule has 0 radical (unpaired) electrons. The summed E-state index contributed by atoms with van der Waals surface area (Å²) in [7, 11) is 5.93. The van der Waals surface area contributed by atoms with Gasteiger partial charge in [-0.05, 0) is 51.8 Å². The number of likely N-dealkylation sites (N-methyl/N-ethyl adjacent to an activating group) is 2. The molecule has 1 atom stereocenters. The van der Waals surface area contributed by atoms with E-state index in [1.54, 1.807) is 7.11 Å². The summed E-state index contributed by atoms with van der Waals surface area (Å²) in [6.07, 6.45) is 13.2. The molecule has 2 aliphatic carbocycles. The van der Waals surface area contributed by atoms with Crippen molar-refractivity contribution in [3.8, 4) is 0 Å². The Morgan fingerprint density at radius 2 is 2.14 bits per heavy atom. The van der Waals surface area contributed by atoms with E-state index in [0.717, 1.165) is 52.1 Å². The summed E-state index contributed by atoms with van der Waals surface area (Å²) in [5.41, 5.74) is 4.19. The second kappa shape index (κ2) is 10.5. The fourth-order valence-electron chi connectivity index (χ4n) is 4.84. The van der Waals surface area contributed by atoms with Gasteiger partial charge >= 0.3 is 0 Å². The molecular weight excluding hydrogens is 352 g/mol. The molecule has 1 aromatic heterocycles. The van der Waals surface area contributed by atoms with E-state index >= 15 is 0 Å². The van der Waals surface area contributed by atoms with E-state index in [0.29, 0.717) is 6.10 Å². The molecule has 0 aliphatic heterocycles. The van der Waals surface area contributed by atoms with Crippen LogP contribution in [0.2, 0.25) is 0 Å². The molecule has 28 heavy (non-hydrogen) atoms. The number of nitrogens with one attached hydrogen (secondary N) is 2. The molecule has 6 heteroatoms. The van der Waals surface area contributed by atoms with E-state index < -0.39 is 0 Å². The van der Waals surface area contributed by atoms with Crippen LogP contribution in [0, 0.1) is 5.41 Å². The maximum Gasteiger partial charge on any atom is 0.0669 e. The number of H-pyrrole nitrogens is 1. The lowest BCUT2D eigenvalue weighted by Gasteiger charge is -2.39. The van der Waals surface area contributed by atoms with Gasteiger partial charge in [-0.3, -0.25) is 5.10 Å². The Morgan fingerprint density at radius 3 is 2.89 bits per heavy atom. The summed E-state index contributed by atoms with van der Waals surface area (Å²) in [5.74, 6) is 0. The van der Waals surface area contributed by atoms with Crippen LogP contribution in [-0.4, -0.2) is 68.7 Å². The lowest BCUT2D eigenvalue weighted by molar-refractivity contribution is -0.0309. The van der Waals surface area contributed by atoms with E-state index in [4.69, 9.17) is 9.47 Å². The van der Waals surface area contributed by atoms with Gasteiger partial charge in [0.1, 0.15) is 0 Å². The minimum atomic E-state index is 0.209. The number of allylic oxidation sites excluding steroid dienone is 1. The Hall–Kier alpha value is -1.21. The summed E-state index contributed by atoms with van der Waals surface area (Å²) >= 11 is 0. The van der Waals surface area contributed by atoms with Crippen molar-refractivity contribution in [3.63, 3.8) is 0 Å². The SMILES string of the molecule is CNCCN(C)Cc1cn[nH]c1C1=CC2(CCCC2)C(OCCCOC)CC1. The molecule has 6 nitrogen and oxygen atoms in total. The predicted octanol–water partition coefficient (Wildman–Crippen LogP) is 3.22. The Balaban J connectivity index is 1.71. The third kappa shape index (κ3) is 5.23. The van der Waals surface area contributed by atoms with Crippen molar-refractivity contribution >= 4 is 5.57 Å². The maximum atomic E-state index is 6.36. The molecule has 0 amide bonds. The molecule has 2 aliphatic rings. The number of methoxy groups -OCH3 is 1. The van der Waals surface area contributed by atoms with Crippen LogP contribution in [0.4, 0.5) is 0 Å². The topological polar surface area (TPSA) is 62.4 Å². The van der Waals surface area contributed by atoms with Crippen molar-refractivity contribution < 1.29 is 9.47 Å². The van der Waals surface area contributed by atoms with Crippen molar-refractivity contribution in [1.82, 2.24) is 20.4 Å². The van der Waals surface area contributed by atoms with Gasteiger partial charge in [0.15, 0.2) is 0 Å². The van der Waals surface area contributed by atoms with E-state index in [-0.39, 0.29) is 5.41 Å². The van der Waals surface area contributed by atoms with E-state index in [1.807, 2.05) is 13.2 Å². The van der Waals surface area contributed by atoms with Gasteiger partial charge in [0.05, 0.1) is 18.0 Å². The first-order valence-electron chi connectivity index (χ1n) is 10.9. The molecule has 0 aromatic carbocycles. The summed E-state index contributed by atoms with van der Waals surface area (Å²) < 4.78 is 11.5. The highest BCUT2D eigenvalue weighted by molar-refractivity contribution is 5.67. The zero-order valence-corrected chi connectivity index (χ0v) is 17.9. The highest BCUT2D eigenvalue weighted by Crippen LogP contribution is 2.50. The second-order valence-corrected chi connectivity index (χ2v) is 8.47. The van der Waals surface area contributed by atoms with Gasteiger partial charge in [-0.25, -0.2) is 0 Å². The molecule has 2 N–H and O–H groups in total. The van der Waals surface area contributed by atoms with Crippen molar-refractivity contribution in [2.24, 2.45) is 5.41 Å². The average molecular weight is 391 g/mol. The first kappa shape index (κ1) is 21.5. The van der Waals surface area contributed by atoms with Crippen molar-refractivity contribution in [2.75, 3.05) is 47.5 Å². The van der Waals surface area contributed by atoms with Crippen LogP contribution in [0.25, 0.3) is 5.57 Å². The summed E-state index contributed by atoms with van der Waals surface area (Å²) in [4.78, 5) is 2.35. The number of aromatic amines is 1. The minimum Gasteiger partial charge on any atom is -0.385 e. The van der Waals surface area contributed by atoms with Crippen molar-refractivity contribution in [3.05, 3.63) is 23.5 Å². The average Bonchev–Trinajstić information content (AvgIpc) is 3.35. The van der Waals surface area contributed by atoms with Crippen LogP contribution in [-0.2, 0) is 16.0 Å². The molecule has 1 heterocycles. The van der Waals surface area contributed by atoms with Crippen LogP contribution in [0.1, 0.15) is 56.2 Å². The summed E-state index contributed by atoms with van der Waals surface area (Å²) in [6.45, 7) is 4.53. The van der Waals surface area contributed by atoms with Crippen LogP contribution in [0.15, 0.2) is 12.3 Å². The Bertz CT molecular complexity index is 622. The van der Waals surface area contributed by atoms with Gasteiger partial charge in [0, 0.05) is 50.9 Å². The summed E-state index contributed by atoms with van der Waals surface area (Å²) in [5, 5.41) is 10.9. The Labute approximate surface area is 170 Å². The van der Waals surface area contributed by atoms with Gasteiger partial charge < -0.3 is 19.7 Å². The highest BCUT2D eigenvalue weighted by Gasteiger charge is 2.43. The molecule has 1 unspecified atom stereocenters. The van der Waals surface area contributed by atoms with E-state index in [2.05, 4.69) is 33.5 Å². The van der Waals surface area contributed by atoms with Gasteiger partial charge in [-0.1, -0.05) is 18.9 Å². The number of nitrogens with zero attached hydrogens (tertiary/aromatic N) is 2. The van der Waals surface area contributed by atoms with Crippen LogP contribution in [0.5, 0.6) is 0 Å². The van der Waals surface area contributed by atoms with Crippen molar-refractivity contribution in [1.29, 1.82) is 0 Å². The third-order valence-corrected chi connectivity index (χ3v) is 6.35. The van der Waals surface area contributed by atoms with Gasteiger partial charge in [-0.15, -0.1) is 0 Å². The largest absolute Gasteiger partial charge is 0.385 e. The lowest BCUT2D eigenvalue weighted by Crippen LogP contribution is -2.36. The van der Waals surface area contributed by atoms with E-state index in [9.17, 15) is 0 Å². The molecule has 1 saturated carbocycles. The molecule has 1 spiro atoms. The predicted molar refractivity (Wildman–Crippen MR) is 113 cm³/mol. The second-order valence-electron chi connectivity index (χ2n) is 8.47. The number of rotatable bonds is 11. The number of ether oxygens (including phenoxy) is 2. The molecule has 3 rings (SSSR count). The third-order valence-electron chi connectivity index (χ3n) is 6.35. The van der Waals surface area contributed by atoms with Crippen molar-refractivity contribution in [2.45, 2.75) is 57.6 Å². The maximum absolute atomic E-state index is 6.36. The molecular formula is C22H38N4O2. The highest BCUT2D eigenvalue weighted by atomic mass is 16.5. The molecule has 158 valence electrons. The molecule has 0 saturated heterocycles. The molecule has 0 bridgehead atoms. The fraction of sp³-hybridized carbons (Fsp3) is 0.773. The number of aromatic nitrogens is 2. The smallest absolute Gasteiger partial charge is 0.0669 e. The Morgan fingerprint density at radius 1 is 1.32 bits per heavy atom. The molecule has 1 aromatic rings. The first-order valence-corrected chi connectivity index (χ1v) is 10.9.